The molecule has 146 valence electrons. The zero-order valence-corrected chi connectivity index (χ0v) is 16.5. The van der Waals surface area contributed by atoms with Crippen molar-refractivity contribution < 1.29 is 23.1 Å². The molecule has 0 aliphatic carbocycles. The maximum absolute atomic E-state index is 13.3. The average Bonchev–Trinajstić information content (AvgIpc) is 2.65. The molecular formula is C20H25NO5S. The van der Waals surface area contributed by atoms with E-state index in [9.17, 15) is 18.3 Å². The summed E-state index contributed by atoms with van der Waals surface area (Å²) < 4.78 is 32.7. The zero-order chi connectivity index (χ0) is 20.0. The molecule has 1 atom stereocenters. The first kappa shape index (κ1) is 20.9. The number of hydrogen-bond acceptors (Lipinski definition) is 4. The van der Waals surface area contributed by atoms with Crippen molar-refractivity contribution in [3.63, 3.8) is 0 Å². The van der Waals surface area contributed by atoms with Crippen LogP contribution >= 0.6 is 0 Å². The summed E-state index contributed by atoms with van der Waals surface area (Å²) in [4.78, 5) is 12.0. The average molecular weight is 391 g/mol. The molecule has 1 unspecified atom stereocenters. The first-order chi connectivity index (χ1) is 12.8. The molecule has 27 heavy (non-hydrogen) atoms. The van der Waals surface area contributed by atoms with Crippen LogP contribution in [0.2, 0.25) is 0 Å². The predicted molar refractivity (Wildman–Crippen MR) is 103 cm³/mol. The van der Waals surface area contributed by atoms with Crippen LogP contribution in [0.1, 0.15) is 25.8 Å². The second kappa shape index (κ2) is 9.01. The van der Waals surface area contributed by atoms with E-state index in [1.165, 1.54) is 19.2 Å². The normalized spacial score (nSPS) is 12.9. The van der Waals surface area contributed by atoms with Gasteiger partial charge < -0.3 is 9.84 Å². The number of rotatable bonds is 9. The van der Waals surface area contributed by atoms with Crippen molar-refractivity contribution in [1.29, 1.82) is 0 Å². The molecule has 0 aromatic heterocycles. The van der Waals surface area contributed by atoms with Gasteiger partial charge in [0.05, 0.1) is 12.0 Å². The number of aliphatic carboxylic acids is 1. The Morgan fingerprint density at radius 2 is 1.67 bits per heavy atom. The van der Waals surface area contributed by atoms with Crippen molar-refractivity contribution in [2.24, 2.45) is 5.92 Å². The standard InChI is InChI=1S/C20H25NO5S/c1-15(2)13-19(20(22)23)21(14-16-7-5-4-6-8-16)27(24,25)18-11-9-17(26-3)10-12-18/h4-12,15,19H,13-14H2,1-3H3,(H,22,23). The lowest BCUT2D eigenvalue weighted by molar-refractivity contribution is -0.142. The predicted octanol–water partition coefficient (Wildman–Crippen LogP) is 3.39. The van der Waals surface area contributed by atoms with Crippen LogP contribution in [-0.2, 0) is 21.4 Å². The molecule has 0 saturated carbocycles. The molecule has 0 aliphatic heterocycles. The van der Waals surface area contributed by atoms with Crippen molar-refractivity contribution in [2.75, 3.05) is 7.11 Å². The van der Waals surface area contributed by atoms with Crippen LogP contribution in [0.5, 0.6) is 5.75 Å². The second-order valence-corrected chi connectivity index (χ2v) is 8.59. The molecule has 0 aliphatic rings. The van der Waals surface area contributed by atoms with Crippen LogP contribution < -0.4 is 4.74 Å². The number of nitrogens with zero attached hydrogens (tertiary/aromatic N) is 1. The van der Waals surface area contributed by atoms with Gasteiger partial charge in [0.2, 0.25) is 10.0 Å². The van der Waals surface area contributed by atoms with Crippen LogP contribution in [0, 0.1) is 5.92 Å². The van der Waals surface area contributed by atoms with Gasteiger partial charge in [-0.05, 0) is 42.2 Å². The molecule has 0 heterocycles. The molecule has 6 nitrogen and oxygen atoms in total. The van der Waals surface area contributed by atoms with E-state index in [0.717, 1.165) is 9.87 Å². The highest BCUT2D eigenvalue weighted by molar-refractivity contribution is 7.89. The number of benzene rings is 2. The van der Waals surface area contributed by atoms with Gasteiger partial charge in [-0.2, -0.15) is 4.31 Å². The molecule has 0 fully saturated rings. The zero-order valence-electron chi connectivity index (χ0n) is 15.7. The molecule has 1 N–H and O–H groups in total. The Morgan fingerprint density at radius 3 is 2.15 bits per heavy atom. The van der Waals surface area contributed by atoms with Gasteiger partial charge in [0.15, 0.2) is 0 Å². The Hall–Kier alpha value is -2.38. The summed E-state index contributed by atoms with van der Waals surface area (Å²) in [6.07, 6.45) is 0.220. The Morgan fingerprint density at radius 1 is 1.07 bits per heavy atom. The molecule has 0 spiro atoms. The van der Waals surface area contributed by atoms with Crippen LogP contribution in [0.4, 0.5) is 0 Å². The van der Waals surface area contributed by atoms with E-state index in [2.05, 4.69) is 0 Å². The smallest absolute Gasteiger partial charge is 0.322 e. The lowest BCUT2D eigenvalue weighted by Crippen LogP contribution is -2.45. The van der Waals surface area contributed by atoms with Gasteiger partial charge in [-0.25, -0.2) is 8.42 Å². The first-order valence-corrected chi connectivity index (χ1v) is 10.1. The van der Waals surface area contributed by atoms with E-state index in [-0.39, 0.29) is 23.8 Å². The number of sulfonamides is 1. The lowest BCUT2D eigenvalue weighted by atomic mass is 10.0. The Bertz CT molecular complexity index is 848. The fraction of sp³-hybridized carbons (Fsp3) is 0.350. The number of ether oxygens (including phenoxy) is 1. The summed E-state index contributed by atoms with van der Waals surface area (Å²) in [5, 5.41) is 9.74. The third kappa shape index (κ3) is 5.30. The van der Waals surface area contributed by atoms with Crippen molar-refractivity contribution >= 4 is 16.0 Å². The number of hydrogen-bond donors (Lipinski definition) is 1. The van der Waals surface area contributed by atoms with Gasteiger partial charge in [-0.3, -0.25) is 4.79 Å². The van der Waals surface area contributed by atoms with Crippen LogP contribution in [0.15, 0.2) is 59.5 Å². The molecule has 0 bridgehead atoms. The number of carboxylic acid groups (broad SMARTS) is 1. The number of methoxy groups -OCH3 is 1. The topological polar surface area (TPSA) is 83.9 Å². The van der Waals surface area contributed by atoms with E-state index in [1.54, 1.807) is 36.4 Å². The summed E-state index contributed by atoms with van der Waals surface area (Å²) in [6, 6.07) is 13.8. The number of carboxylic acids is 1. The van der Waals surface area contributed by atoms with Crippen LogP contribution in [0.25, 0.3) is 0 Å². The van der Waals surface area contributed by atoms with Crippen LogP contribution in [-0.4, -0.2) is 37.0 Å². The Labute approximate surface area is 160 Å². The molecule has 2 aromatic carbocycles. The summed E-state index contributed by atoms with van der Waals surface area (Å²) in [5.41, 5.74) is 0.726. The lowest BCUT2D eigenvalue weighted by Gasteiger charge is -2.29. The maximum Gasteiger partial charge on any atom is 0.322 e. The van der Waals surface area contributed by atoms with Gasteiger partial charge >= 0.3 is 5.97 Å². The molecule has 0 saturated heterocycles. The van der Waals surface area contributed by atoms with Gasteiger partial charge in [-0.15, -0.1) is 0 Å². The fourth-order valence-corrected chi connectivity index (χ4v) is 4.38. The largest absolute Gasteiger partial charge is 0.497 e. The second-order valence-electron chi connectivity index (χ2n) is 6.69. The maximum atomic E-state index is 13.3. The molecular weight excluding hydrogens is 366 g/mol. The summed E-state index contributed by atoms with van der Waals surface area (Å²) in [5.74, 6) is -0.604. The van der Waals surface area contributed by atoms with Gasteiger partial charge in [0, 0.05) is 6.54 Å². The van der Waals surface area contributed by atoms with Crippen molar-refractivity contribution in [1.82, 2.24) is 4.31 Å². The summed E-state index contributed by atoms with van der Waals surface area (Å²) in [7, 11) is -2.52. The molecule has 0 amide bonds. The first-order valence-electron chi connectivity index (χ1n) is 8.68. The summed E-state index contributed by atoms with van der Waals surface area (Å²) in [6.45, 7) is 3.73. The summed E-state index contributed by atoms with van der Waals surface area (Å²) >= 11 is 0. The fourth-order valence-electron chi connectivity index (χ4n) is 2.80. The van der Waals surface area contributed by atoms with Gasteiger partial charge in [0.25, 0.3) is 0 Å². The molecule has 2 rings (SSSR count). The Balaban J connectivity index is 2.49. The number of carbonyl (C=O) groups is 1. The quantitative estimate of drug-likeness (QED) is 0.708. The highest BCUT2D eigenvalue weighted by Crippen LogP contribution is 2.26. The third-order valence-corrected chi connectivity index (χ3v) is 6.04. The van der Waals surface area contributed by atoms with E-state index >= 15 is 0 Å². The highest BCUT2D eigenvalue weighted by atomic mass is 32.2. The van der Waals surface area contributed by atoms with Gasteiger partial charge in [0.1, 0.15) is 11.8 Å². The highest BCUT2D eigenvalue weighted by Gasteiger charge is 2.36. The Kier molecular flexibility index (Phi) is 6.98. The molecule has 7 heteroatoms. The van der Waals surface area contributed by atoms with E-state index in [0.29, 0.717) is 5.75 Å². The van der Waals surface area contributed by atoms with E-state index in [1.807, 2.05) is 19.9 Å². The van der Waals surface area contributed by atoms with Crippen LogP contribution in [0.3, 0.4) is 0 Å². The monoisotopic (exact) mass is 391 g/mol. The van der Waals surface area contributed by atoms with Crippen molar-refractivity contribution in [2.45, 2.75) is 37.8 Å². The minimum Gasteiger partial charge on any atom is -0.497 e. The minimum atomic E-state index is -4.02. The van der Waals surface area contributed by atoms with E-state index in [4.69, 9.17) is 4.74 Å². The van der Waals surface area contributed by atoms with Crippen molar-refractivity contribution in [3.8, 4) is 5.75 Å². The van der Waals surface area contributed by atoms with E-state index < -0.39 is 22.0 Å². The molecule has 0 radical (unpaired) electrons. The minimum absolute atomic E-state index is 0.0150. The third-order valence-electron chi connectivity index (χ3n) is 4.17. The SMILES string of the molecule is COc1ccc(S(=O)(=O)N(Cc2ccccc2)C(CC(C)C)C(=O)O)cc1. The van der Waals surface area contributed by atoms with Gasteiger partial charge in [-0.1, -0.05) is 44.2 Å². The van der Waals surface area contributed by atoms with Crippen molar-refractivity contribution in [3.05, 3.63) is 60.2 Å². The molecule has 2 aromatic rings.